The number of Topliss-reactive ketones (excluding diaryl/α,β-unsaturated/α-hetero) is 1. The van der Waals surface area contributed by atoms with Crippen LogP contribution >= 0.6 is 11.6 Å². The molecule has 7 heteroatoms. The molecule has 1 aliphatic carbocycles. The molecule has 138 valence electrons. The number of nitrogens with zero attached hydrogens (tertiary/aromatic N) is 2. The highest BCUT2D eigenvalue weighted by atomic mass is 35.5. The number of carbonyl (C=O) groups is 1. The molecule has 1 aromatic carbocycles. The molecule has 0 spiro atoms. The van der Waals surface area contributed by atoms with Crippen molar-refractivity contribution in [1.82, 2.24) is 14.5 Å². The molecular weight excluding hydrogens is 366 g/mol. The van der Waals surface area contributed by atoms with E-state index in [0.717, 1.165) is 5.56 Å². The van der Waals surface area contributed by atoms with Crippen molar-refractivity contribution < 1.29 is 4.79 Å². The first kappa shape index (κ1) is 17.7. The molecule has 27 heavy (non-hydrogen) atoms. The van der Waals surface area contributed by atoms with Crippen LogP contribution < -0.4 is 11.2 Å². The van der Waals surface area contributed by atoms with Crippen LogP contribution in [0.25, 0.3) is 11.0 Å². The topological polar surface area (TPSA) is 84.8 Å². The number of aromatic nitrogens is 3. The van der Waals surface area contributed by atoms with Crippen molar-refractivity contribution in [1.29, 1.82) is 0 Å². The van der Waals surface area contributed by atoms with Crippen LogP contribution in [0, 0.1) is 0 Å². The quantitative estimate of drug-likeness (QED) is 0.736. The summed E-state index contributed by atoms with van der Waals surface area (Å²) in [4.78, 5) is 44.3. The number of carbonyl (C=O) groups excluding carboxylic acids is 1. The maximum absolute atomic E-state index is 12.7. The molecule has 0 saturated heterocycles. The molecule has 0 amide bonds. The molecule has 4 rings (SSSR count). The lowest BCUT2D eigenvalue weighted by Gasteiger charge is -2.25. The van der Waals surface area contributed by atoms with Gasteiger partial charge in [-0.25, -0.2) is 9.78 Å². The summed E-state index contributed by atoms with van der Waals surface area (Å²) in [7, 11) is 0. The van der Waals surface area contributed by atoms with Gasteiger partial charge in [0, 0.05) is 29.2 Å². The predicted molar refractivity (Wildman–Crippen MR) is 104 cm³/mol. The molecule has 2 aromatic heterocycles. The molecule has 1 aliphatic rings. The number of nitrogens with one attached hydrogen (secondary N) is 1. The third kappa shape index (κ3) is 2.90. The summed E-state index contributed by atoms with van der Waals surface area (Å²) in [6.07, 6.45) is 2.34. The molecule has 2 heterocycles. The lowest BCUT2D eigenvalue weighted by molar-refractivity contribution is 0.0964. The van der Waals surface area contributed by atoms with E-state index in [-0.39, 0.29) is 17.7 Å². The third-order valence-electron chi connectivity index (χ3n) is 5.08. The maximum Gasteiger partial charge on any atom is 0.330 e. The van der Waals surface area contributed by atoms with Gasteiger partial charge in [-0.1, -0.05) is 23.7 Å². The second-order valence-electron chi connectivity index (χ2n) is 7.16. The minimum atomic E-state index is -0.504. The predicted octanol–water partition coefficient (Wildman–Crippen LogP) is 3.23. The first-order valence-electron chi connectivity index (χ1n) is 8.82. The SMILES string of the molecule is CC(C)n1c(=O)[nH]c(=O)c2c3c(cnc21)C(=O)C[C@@H](c1cccc(Cl)c1)C3. The minimum absolute atomic E-state index is 0.0580. The summed E-state index contributed by atoms with van der Waals surface area (Å²) >= 11 is 6.11. The Morgan fingerprint density at radius 1 is 1.22 bits per heavy atom. The van der Waals surface area contributed by atoms with Crippen molar-refractivity contribution in [3.05, 3.63) is 73.0 Å². The van der Waals surface area contributed by atoms with Gasteiger partial charge in [0.1, 0.15) is 5.65 Å². The molecule has 6 nitrogen and oxygen atoms in total. The van der Waals surface area contributed by atoms with Crippen LogP contribution in [-0.2, 0) is 6.42 Å². The zero-order valence-corrected chi connectivity index (χ0v) is 15.7. The second kappa shape index (κ2) is 6.46. The van der Waals surface area contributed by atoms with E-state index in [1.165, 1.54) is 10.8 Å². The summed E-state index contributed by atoms with van der Waals surface area (Å²) in [5.74, 6) is -0.134. The van der Waals surface area contributed by atoms with Crippen molar-refractivity contribution >= 4 is 28.4 Å². The van der Waals surface area contributed by atoms with Gasteiger partial charge in [-0.05, 0) is 49.4 Å². The van der Waals surface area contributed by atoms with E-state index in [1.807, 2.05) is 32.0 Å². The Bertz CT molecular complexity index is 1190. The Labute approximate surface area is 159 Å². The third-order valence-corrected chi connectivity index (χ3v) is 5.32. The van der Waals surface area contributed by atoms with Crippen molar-refractivity contribution in [3.8, 4) is 0 Å². The smallest absolute Gasteiger partial charge is 0.294 e. The summed E-state index contributed by atoms with van der Waals surface area (Å²) in [6, 6.07) is 7.25. The van der Waals surface area contributed by atoms with Gasteiger partial charge in [-0.15, -0.1) is 0 Å². The fraction of sp³-hybridized carbons (Fsp3) is 0.300. The monoisotopic (exact) mass is 383 g/mol. The zero-order valence-electron chi connectivity index (χ0n) is 15.0. The number of hydrogen-bond acceptors (Lipinski definition) is 4. The fourth-order valence-electron chi connectivity index (χ4n) is 3.85. The van der Waals surface area contributed by atoms with Gasteiger partial charge in [0.05, 0.1) is 5.39 Å². The van der Waals surface area contributed by atoms with Crippen LogP contribution in [0.2, 0.25) is 5.02 Å². The van der Waals surface area contributed by atoms with Crippen LogP contribution in [0.15, 0.2) is 40.1 Å². The Hall–Kier alpha value is -2.73. The number of halogens is 1. The van der Waals surface area contributed by atoms with Gasteiger partial charge in [0.15, 0.2) is 5.78 Å². The molecule has 0 aliphatic heterocycles. The average Bonchev–Trinajstić information content (AvgIpc) is 2.60. The number of pyridine rings is 1. The highest BCUT2D eigenvalue weighted by Gasteiger charge is 2.30. The van der Waals surface area contributed by atoms with Crippen LogP contribution in [0.1, 0.15) is 53.7 Å². The molecule has 0 radical (unpaired) electrons. The van der Waals surface area contributed by atoms with E-state index in [0.29, 0.717) is 40.0 Å². The Morgan fingerprint density at radius 3 is 2.70 bits per heavy atom. The number of hydrogen-bond donors (Lipinski definition) is 1. The number of H-pyrrole nitrogens is 1. The molecular formula is C20H18ClN3O3. The first-order valence-corrected chi connectivity index (χ1v) is 9.19. The Morgan fingerprint density at radius 2 is 2.00 bits per heavy atom. The lowest BCUT2D eigenvalue weighted by Crippen LogP contribution is -2.33. The van der Waals surface area contributed by atoms with E-state index in [4.69, 9.17) is 11.6 Å². The van der Waals surface area contributed by atoms with Crippen molar-refractivity contribution in [2.45, 2.75) is 38.6 Å². The summed E-state index contributed by atoms with van der Waals surface area (Å²) in [5, 5.41) is 0.928. The van der Waals surface area contributed by atoms with Crippen molar-refractivity contribution in [2.75, 3.05) is 0 Å². The van der Waals surface area contributed by atoms with Gasteiger partial charge in [0.25, 0.3) is 5.56 Å². The van der Waals surface area contributed by atoms with Crippen LogP contribution in [0.4, 0.5) is 0 Å². The molecule has 0 fully saturated rings. The fourth-order valence-corrected chi connectivity index (χ4v) is 4.05. The molecule has 0 unspecified atom stereocenters. The average molecular weight is 384 g/mol. The first-order chi connectivity index (χ1) is 12.9. The maximum atomic E-state index is 12.7. The van der Waals surface area contributed by atoms with Gasteiger partial charge >= 0.3 is 5.69 Å². The molecule has 1 N–H and O–H groups in total. The number of rotatable bonds is 2. The van der Waals surface area contributed by atoms with Crippen LogP contribution in [0.3, 0.4) is 0 Å². The number of aromatic amines is 1. The lowest BCUT2D eigenvalue weighted by atomic mass is 9.79. The van der Waals surface area contributed by atoms with Crippen LogP contribution in [0.5, 0.6) is 0 Å². The second-order valence-corrected chi connectivity index (χ2v) is 7.59. The zero-order chi connectivity index (χ0) is 19.3. The molecule has 0 saturated carbocycles. The van der Waals surface area contributed by atoms with Crippen molar-refractivity contribution in [3.63, 3.8) is 0 Å². The van der Waals surface area contributed by atoms with E-state index >= 15 is 0 Å². The number of fused-ring (bicyclic) bond motifs is 3. The molecule has 1 atom stereocenters. The normalized spacial score (nSPS) is 16.7. The summed E-state index contributed by atoms with van der Waals surface area (Å²) in [6.45, 7) is 3.69. The Balaban J connectivity index is 1.97. The summed E-state index contributed by atoms with van der Waals surface area (Å²) < 4.78 is 1.45. The van der Waals surface area contributed by atoms with Crippen molar-refractivity contribution in [2.24, 2.45) is 0 Å². The summed E-state index contributed by atoms with van der Waals surface area (Å²) in [5.41, 5.74) is 1.38. The highest BCUT2D eigenvalue weighted by Crippen LogP contribution is 2.35. The van der Waals surface area contributed by atoms with Gasteiger partial charge < -0.3 is 0 Å². The van der Waals surface area contributed by atoms with E-state index < -0.39 is 11.2 Å². The number of ketones is 1. The van der Waals surface area contributed by atoms with Gasteiger partial charge in [-0.2, -0.15) is 0 Å². The minimum Gasteiger partial charge on any atom is -0.294 e. The van der Waals surface area contributed by atoms with E-state index in [2.05, 4.69) is 9.97 Å². The molecule has 0 bridgehead atoms. The van der Waals surface area contributed by atoms with E-state index in [1.54, 1.807) is 6.07 Å². The van der Waals surface area contributed by atoms with Crippen LogP contribution in [-0.4, -0.2) is 20.3 Å². The molecule has 3 aromatic rings. The highest BCUT2D eigenvalue weighted by molar-refractivity contribution is 6.30. The van der Waals surface area contributed by atoms with E-state index in [9.17, 15) is 14.4 Å². The number of benzene rings is 1. The largest absolute Gasteiger partial charge is 0.330 e. The standard InChI is InChI=1S/C20H18ClN3O3/c1-10(2)24-18-17(19(26)23-20(24)27)14-7-12(8-16(25)15(14)9-22-18)11-4-3-5-13(21)6-11/h3-6,9-10,12H,7-8H2,1-2H3,(H,23,26,27)/t12-/m0/s1. The Kier molecular flexibility index (Phi) is 4.23. The van der Waals surface area contributed by atoms with Gasteiger partial charge in [0.2, 0.25) is 0 Å². The van der Waals surface area contributed by atoms with Gasteiger partial charge in [-0.3, -0.25) is 19.1 Å².